The molecule has 0 saturated carbocycles. The van der Waals surface area contributed by atoms with Crippen molar-refractivity contribution < 1.29 is 23.5 Å². The fourth-order valence-corrected chi connectivity index (χ4v) is 1.71. The molecule has 0 saturated heterocycles. The molecule has 2 aromatic rings. The Hall–Kier alpha value is -2.57. The van der Waals surface area contributed by atoms with Crippen molar-refractivity contribution in [3.05, 3.63) is 24.1 Å². The number of benzene rings is 1. The van der Waals surface area contributed by atoms with Crippen molar-refractivity contribution in [1.82, 2.24) is 10.1 Å². The minimum atomic E-state index is -0.314. The summed E-state index contributed by atoms with van der Waals surface area (Å²) in [6, 6.07) is 5.28. The van der Waals surface area contributed by atoms with Gasteiger partial charge >= 0.3 is 5.97 Å². The quantitative estimate of drug-likeness (QED) is 0.758. The van der Waals surface area contributed by atoms with Gasteiger partial charge in [-0.15, -0.1) is 0 Å². The van der Waals surface area contributed by atoms with Crippen molar-refractivity contribution in [2.45, 2.75) is 20.5 Å². The van der Waals surface area contributed by atoms with Crippen molar-refractivity contribution in [2.24, 2.45) is 5.92 Å². The molecule has 1 heterocycles. The lowest BCUT2D eigenvalue weighted by atomic mass is 10.2. The van der Waals surface area contributed by atoms with Gasteiger partial charge in [-0.3, -0.25) is 4.79 Å². The Labute approximate surface area is 128 Å². The summed E-state index contributed by atoms with van der Waals surface area (Å²) >= 11 is 0. The summed E-state index contributed by atoms with van der Waals surface area (Å²) in [4.78, 5) is 15.6. The molecule has 1 aromatic heterocycles. The second-order valence-corrected chi connectivity index (χ2v) is 4.84. The van der Waals surface area contributed by atoms with Gasteiger partial charge in [0.2, 0.25) is 5.82 Å². The molecule has 1 aromatic carbocycles. The number of nitrogens with zero attached hydrogens (tertiary/aromatic N) is 2. The lowest BCUT2D eigenvalue weighted by molar-refractivity contribution is -0.149. The Bertz CT molecular complexity index is 651. The van der Waals surface area contributed by atoms with Crippen LogP contribution in [0.4, 0.5) is 0 Å². The number of aromatic nitrogens is 2. The molecule has 0 atom stereocenters. The molecule has 0 unspecified atom stereocenters. The molecule has 0 amide bonds. The highest BCUT2D eigenvalue weighted by molar-refractivity contribution is 5.71. The third-order valence-electron chi connectivity index (χ3n) is 2.92. The number of hydrogen-bond acceptors (Lipinski definition) is 7. The predicted molar refractivity (Wildman–Crippen MR) is 77.5 cm³/mol. The van der Waals surface area contributed by atoms with Crippen LogP contribution in [0.25, 0.3) is 11.4 Å². The van der Waals surface area contributed by atoms with Crippen LogP contribution in [0.3, 0.4) is 0 Å². The summed E-state index contributed by atoms with van der Waals surface area (Å²) in [6.45, 7) is 3.47. The van der Waals surface area contributed by atoms with E-state index in [0.29, 0.717) is 22.9 Å². The number of esters is 1. The molecule has 0 aliphatic rings. The van der Waals surface area contributed by atoms with Gasteiger partial charge in [0, 0.05) is 5.56 Å². The Morgan fingerprint density at radius 1 is 1.23 bits per heavy atom. The van der Waals surface area contributed by atoms with E-state index >= 15 is 0 Å². The molecule has 22 heavy (non-hydrogen) atoms. The lowest BCUT2D eigenvalue weighted by Gasteiger charge is -2.07. The number of carbonyl (C=O) groups excluding carboxylic acids is 1. The number of hydrogen-bond donors (Lipinski definition) is 0. The van der Waals surface area contributed by atoms with Crippen LogP contribution in [0.5, 0.6) is 11.5 Å². The zero-order valence-electron chi connectivity index (χ0n) is 13.0. The maximum atomic E-state index is 11.4. The fraction of sp³-hybridized carbons (Fsp3) is 0.400. The molecule has 0 spiro atoms. The van der Waals surface area contributed by atoms with Gasteiger partial charge in [-0.2, -0.15) is 4.98 Å². The molecule has 7 nitrogen and oxygen atoms in total. The molecular weight excluding hydrogens is 288 g/mol. The number of methoxy groups -OCH3 is 2. The SMILES string of the molecule is COc1ccc(-c2noc(COC(=O)C(C)C)n2)cc1OC. The Morgan fingerprint density at radius 3 is 2.59 bits per heavy atom. The zero-order valence-corrected chi connectivity index (χ0v) is 13.0. The molecule has 0 radical (unpaired) electrons. The van der Waals surface area contributed by atoms with E-state index < -0.39 is 0 Å². The van der Waals surface area contributed by atoms with E-state index in [2.05, 4.69) is 10.1 Å². The van der Waals surface area contributed by atoms with E-state index in [9.17, 15) is 4.79 Å². The molecule has 0 N–H and O–H groups in total. The Balaban J connectivity index is 2.12. The summed E-state index contributed by atoms with van der Waals surface area (Å²) < 4.78 is 20.5. The summed E-state index contributed by atoms with van der Waals surface area (Å²) in [7, 11) is 3.11. The first-order chi connectivity index (χ1) is 10.5. The zero-order chi connectivity index (χ0) is 16.1. The van der Waals surface area contributed by atoms with Crippen LogP contribution in [0.15, 0.2) is 22.7 Å². The highest BCUT2D eigenvalue weighted by atomic mass is 16.6. The number of rotatable bonds is 6. The second-order valence-electron chi connectivity index (χ2n) is 4.84. The molecule has 2 rings (SSSR count). The maximum absolute atomic E-state index is 11.4. The number of carbonyl (C=O) groups is 1. The Morgan fingerprint density at radius 2 is 1.95 bits per heavy atom. The van der Waals surface area contributed by atoms with Gasteiger partial charge in [0.1, 0.15) is 0 Å². The first-order valence-electron chi connectivity index (χ1n) is 6.76. The maximum Gasteiger partial charge on any atom is 0.308 e. The third-order valence-corrected chi connectivity index (χ3v) is 2.92. The van der Waals surface area contributed by atoms with E-state index in [-0.39, 0.29) is 24.4 Å². The van der Waals surface area contributed by atoms with Crippen LogP contribution in [-0.4, -0.2) is 30.3 Å². The minimum absolute atomic E-state index is 0.0443. The molecule has 0 fully saturated rings. The van der Waals surface area contributed by atoms with Gasteiger partial charge < -0.3 is 18.7 Å². The summed E-state index contributed by atoms with van der Waals surface area (Å²) in [5, 5.41) is 3.87. The van der Waals surface area contributed by atoms with Gasteiger partial charge in [-0.1, -0.05) is 19.0 Å². The van der Waals surface area contributed by atoms with Crippen LogP contribution in [-0.2, 0) is 16.1 Å². The van der Waals surface area contributed by atoms with Crippen LogP contribution >= 0.6 is 0 Å². The summed E-state index contributed by atoms with van der Waals surface area (Å²) in [5.41, 5.74) is 0.711. The topological polar surface area (TPSA) is 83.7 Å². The molecule has 0 bridgehead atoms. The largest absolute Gasteiger partial charge is 0.493 e. The molecule has 118 valence electrons. The van der Waals surface area contributed by atoms with Crippen LogP contribution < -0.4 is 9.47 Å². The fourth-order valence-electron chi connectivity index (χ4n) is 1.71. The van der Waals surface area contributed by atoms with E-state index in [1.807, 2.05) is 0 Å². The molecule has 7 heteroatoms. The van der Waals surface area contributed by atoms with E-state index in [1.165, 1.54) is 0 Å². The van der Waals surface area contributed by atoms with E-state index in [0.717, 1.165) is 0 Å². The van der Waals surface area contributed by atoms with Gasteiger partial charge in [-0.05, 0) is 18.2 Å². The predicted octanol–water partition coefficient (Wildman–Crippen LogP) is 2.45. The molecular formula is C15H18N2O5. The average Bonchev–Trinajstić information content (AvgIpc) is 3.00. The standard InChI is InChI=1S/C15H18N2O5/c1-9(2)15(18)21-8-13-16-14(17-22-13)10-5-6-11(19-3)12(7-10)20-4/h5-7,9H,8H2,1-4H3. The monoisotopic (exact) mass is 306 g/mol. The van der Waals surface area contributed by atoms with Gasteiger partial charge in [-0.25, -0.2) is 0 Å². The van der Waals surface area contributed by atoms with Gasteiger partial charge in [0.25, 0.3) is 5.89 Å². The smallest absolute Gasteiger partial charge is 0.308 e. The summed E-state index contributed by atoms with van der Waals surface area (Å²) in [6.07, 6.45) is 0. The summed E-state index contributed by atoms with van der Waals surface area (Å²) in [5.74, 6) is 1.29. The second kappa shape index (κ2) is 6.93. The van der Waals surface area contributed by atoms with Gasteiger partial charge in [0.05, 0.1) is 20.1 Å². The van der Waals surface area contributed by atoms with Crippen molar-refractivity contribution in [2.75, 3.05) is 14.2 Å². The van der Waals surface area contributed by atoms with Crippen LogP contribution in [0.2, 0.25) is 0 Å². The number of ether oxygens (including phenoxy) is 3. The van der Waals surface area contributed by atoms with Crippen molar-refractivity contribution in [3.8, 4) is 22.9 Å². The lowest BCUT2D eigenvalue weighted by Crippen LogP contribution is -2.11. The highest BCUT2D eigenvalue weighted by Crippen LogP contribution is 2.31. The van der Waals surface area contributed by atoms with Crippen molar-refractivity contribution >= 4 is 5.97 Å². The molecule has 0 aliphatic carbocycles. The van der Waals surface area contributed by atoms with Crippen molar-refractivity contribution in [1.29, 1.82) is 0 Å². The normalized spacial score (nSPS) is 10.6. The van der Waals surface area contributed by atoms with E-state index in [1.54, 1.807) is 46.3 Å². The Kier molecular flexibility index (Phi) is 4.98. The minimum Gasteiger partial charge on any atom is -0.493 e. The third kappa shape index (κ3) is 3.55. The van der Waals surface area contributed by atoms with Crippen LogP contribution in [0, 0.1) is 5.92 Å². The molecule has 0 aliphatic heterocycles. The highest BCUT2D eigenvalue weighted by Gasteiger charge is 2.14. The first kappa shape index (κ1) is 15.8. The van der Waals surface area contributed by atoms with Gasteiger partial charge in [0.15, 0.2) is 18.1 Å². The van der Waals surface area contributed by atoms with Crippen LogP contribution in [0.1, 0.15) is 19.7 Å². The average molecular weight is 306 g/mol. The first-order valence-corrected chi connectivity index (χ1v) is 6.76. The van der Waals surface area contributed by atoms with E-state index in [4.69, 9.17) is 18.7 Å². The van der Waals surface area contributed by atoms with Crippen molar-refractivity contribution in [3.63, 3.8) is 0 Å².